The van der Waals surface area contributed by atoms with Crippen molar-refractivity contribution in [3.63, 3.8) is 0 Å². The molecule has 0 fully saturated rings. The standard InChI is InChI=1S/C15H20ClFN2/c16-12-8-9-14(17)13(10-12)15(19-18)11-6-4-2-1-3-5-7-11/h6,8-10,15,19H,1-5,7,18H2/b11-6+. The number of benzene rings is 1. The lowest BCUT2D eigenvalue weighted by atomic mass is 9.91. The lowest BCUT2D eigenvalue weighted by Crippen LogP contribution is -2.30. The van der Waals surface area contributed by atoms with Crippen molar-refractivity contribution in [3.05, 3.63) is 46.3 Å². The lowest BCUT2D eigenvalue weighted by Gasteiger charge is -2.22. The van der Waals surface area contributed by atoms with E-state index in [0.29, 0.717) is 10.6 Å². The van der Waals surface area contributed by atoms with Gasteiger partial charge in [-0.05, 0) is 43.9 Å². The van der Waals surface area contributed by atoms with E-state index in [4.69, 9.17) is 17.4 Å². The summed E-state index contributed by atoms with van der Waals surface area (Å²) in [5.74, 6) is 5.38. The molecule has 2 rings (SSSR count). The van der Waals surface area contributed by atoms with Crippen LogP contribution in [0, 0.1) is 5.82 Å². The fraction of sp³-hybridized carbons (Fsp3) is 0.467. The SMILES string of the molecule is NNC(/C1=C/CCCCCC1)c1cc(Cl)ccc1F. The molecule has 0 saturated carbocycles. The Labute approximate surface area is 118 Å². The van der Waals surface area contributed by atoms with Crippen molar-refractivity contribution in [1.82, 2.24) is 5.43 Å². The molecule has 1 atom stereocenters. The van der Waals surface area contributed by atoms with E-state index in [2.05, 4.69) is 11.5 Å². The van der Waals surface area contributed by atoms with Gasteiger partial charge in [0, 0.05) is 10.6 Å². The van der Waals surface area contributed by atoms with Crippen LogP contribution in [0.5, 0.6) is 0 Å². The largest absolute Gasteiger partial charge is 0.271 e. The maximum atomic E-state index is 14.0. The Morgan fingerprint density at radius 2 is 2.00 bits per heavy atom. The Morgan fingerprint density at radius 3 is 2.79 bits per heavy atom. The summed E-state index contributed by atoms with van der Waals surface area (Å²) in [6.07, 6.45) is 9.02. The number of hydrogen-bond donors (Lipinski definition) is 2. The topological polar surface area (TPSA) is 38.0 Å². The van der Waals surface area contributed by atoms with E-state index in [1.807, 2.05) is 0 Å². The average Bonchev–Trinajstić information content (AvgIpc) is 2.36. The second-order valence-corrected chi connectivity index (χ2v) is 5.43. The molecule has 2 nitrogen and oxygen atoms in total. The Hall–Kier alpha value is -0.900. The van der Waals surface area contributed by atoms with E-state index < -0.39 is 0 Å². The summed E-state index contributed by atoms with van der Waals surface area (Å²) in [7, 11) is 0. The van der Waals surface area contributed by atoms with Crippen molar-refractivity contribution >= 4 is 11.6 Å². The molecule has 104 valence electrons. The Kier molecular flexibility index (Phi) is 5.37. The molecule has 3 N–H and O–H groups in total. The molecule has 0 radical (unpaired) electrons. The van der Waals surface area contributed by atoms with E-state index >= 15 is 0 Å². The van der Waals surface area contributed by atoms with Crippen LogP contribution in [0.25, 0.3) is 0 Å². The summed E-state index contributed by atoms with van der Waals surface area (Å²) in [6, 6.07) is 4.32. The van der Waals surface area contributed by atoms with Crippen LogP contribution in [0.4, 0.5) is 4.39 Å². The number of hydrazine groups is 1. The summed E-state index contributed by atoms with van der Waals surface area (Å²) < 4.78 is 14.0. The first-order valence-electron chi connectivity index (χ1n) is 6.82. The fourth-order valence-electron chi connectivity index (χ4n) is 2.61. The molecule has 4 heteroatoms. The van der Waals surface area contributed by atoms with Crippen molar-refractivity contribution in [1.29, 1.82) is 0 Å². The van der Waals surface area contributed by atoms with Crippen molar-refractivity contribution in [2.45, 2.75) is 44.6 Å². The highest BCUT2D eigenvalue weighted by molar-refractivity contribution is 6.30. The normalized spacial score (nSPS) is 21.1. The maximum Gasteiger partial charge on any atom is 0.128 e. The first-order chi connectivity index (χ1) is 9.22. The third-order valence-corrected chi connectivity index (χ3v) is 3.87. The van der Waals surface area contributed by atoms with Crippen LogP contribution in [-0.2, 0) is 0 Å². The molecule has 0 bridgehead atoms. The number of rotatable bonds is 3. The first-order valence-corrected chi connectivity index (χ1v) is 7.20. The van der Waals surface area contributed by atoms with Gasteiger partial charge >= 0.3 is 0 Å². The minimum atomic E-state index is -0.281. The molecule has 1 aliphatic carbocycles. The van der Waals surface area contributed by atoms with Gasteiger partial charge in [-0.3, -0.25) is 5.84 Å². The second-order valence-electron chi connectivity index (χ2n) is 5.00. The van der Waals surface area contributed by atoms with E-state index in [-0.39, 0.29) is 11.9 Å². The van der Waals surface area contributed by atoms with Gasteiger partial charge in [0.2, 0.25) is 0 Å². The van der Waals surface area contributed by atoms with Gasteiger partial charge < -0.3 is 0 Å². The third-order valence-electron chi connectivity index (χ3n) is 3.63. The van der Waals surface area contributed by atoms with E-state index in [9.17, 15) is 4.39 Å². The predicted octanol–water partition coefficient (Wildman–Crippen LogP) is 4.26. The van der Waals surface area contributed by atoms with Crippen molar-refractivity contribution in [3.8, 4) is 0 Å². The molecule has 0 amide bonds. The molecule has 0 aliphatic heterocycles. The summed E-state index contributed by atoms with van der Waals surface area (Å²) in [5.41, 5.74) is 4.44. The highest BCUT2D eigenvalue weighted by Crippen LogP contribution is 2.31. The molecule has 1 aromatic rings. The van der Waals surface area contributed by atoms with E-state index in [1.54, 1.807) is 12.1 Å². The maximum absolute atomic E-state index is 14.0. The lowest BCUT2D eigenvalue weighted by molar-refractivity contribution is 0.525. The second kappa shape index (κ2) is 7.04. The molecule has 19 heavy (non-hydrogen) atoms. The molecule has 1 unspecified atom stereocenters. The van der Waals surface area contributed by atoms with Crippen LogP contribution in [0.1, 0.15) is 50.1 Å². The van der Waals surface area contributed by atoms with Crippen molar-refractivity contribution in [2.75, 3.05) is 0 Å². The molecule has 1 aliphatic rings. The van der Waals surface area contributed by atoms with Gasteiger partial charge in [-0.25, -0.2) is 9.82 Å². The van der Waals surface area contributed by atoms with Gasteiger partial charge in [0.15, 0.2) is 0 Å². The predicted molar refractivity (Wildman–Crippen MR) is 77.3 cm³/mol. The number of nitrogens with two attached hydrogens (primary N) is 1. The molecule has 0 spiro atoms. The monoisotopic (exact) mass is 282 g/mol. The van der Waals surface area contributed by atoms with Crippen molar-refractivity contribution in [2.24, 2.45) is 5.84 Å². The van der Waals surface area contributed by atoms with Gasteiger partial charge in [0.1, 0.15) is 5.82 Å². The number of allylic oxidation sites excluding steroid dienone is 1. The average molecular weight is 283 g/mol. The highest BCUT2D eigenvalue weighted by atomic mass is 35.5. The first kappa shape index (κ1) is 14.5. The van der Waals surface area contributed by atoms with Crippen LogP contribution in [0.15, 0.2) is 29.8 Å². The highest BCUT2D eigenvalue weighted by Gasteiger charge is 2.19. The zero-order valence-corrected chi connectivity index (χ0v) is 11.7. The number of nitrogens with one attached hydrogen (secondary N) is 1. The molecule has 0 aromatic heterocycles. The van der Waals surface area contributed by atoms with Gasteiger partial charge in [-0.15, -0.1) is 0 Å². The van der Waals surface area contributed by atoms with Crippen molar-refractivity contribution < 1.29 is 4.39 Å². The molecule has 0 heterocycles. The minimum Gasteiger partial charge on any atom is -0.271 e. The van der Waals surface area contributed by atoms with Crippen LogP contribution < -0.4 is 11.3 Å². The molecule has 1 aromatic carbocycles. The van der Waals surface area contributed by atoms with Crippen LogP contribution in [0.3, 0.4) is 0 Å². The number of hydrogen-bond acceptors (Lipinski definition) is 2. The summed E-state index contributed by atoms with van der Waals surface area (Å²) in [4.78, 5) is 0. The van der Waals surface area contributed by atoms with Gasteiger partial charge in [-0.2, -0.15) is 0 Å². The van der Waals surface area contributed by atoms with Crippen LogP contribution >= 0.6 is 11.6 Å². The summed E-state index contributed by atoms with van der Waals surface area (Å²) in [6.45, 7) is 0. The van der Waals surface area contributed by atoms with Gasteiger partial charge in [-0.1, -0.05) is 36.1 Å². The quantitative estimate of drug-likeness (QED) is 0.494. The zero-order valence-electron chi connectivity index (χ0n) is 11.0. The fourth-order valence-corrected chi connectivity index (χ4v) is 2.79. The van der Waals surface area contributed by atoms with E-state index in [1.165, 1.54) is 30.9 Å². The molecular formula is C15H20ClFN2. The third kappa shape index (κ3) is 3.78. The molecule has 0 saturated heterocycles. The molecular weight excluding hydrogens is 263 g/mol. The Bertz CT molecular complexity index is 459. The number of halogens is 2. The summed E-state index contributed by atoms with van der Waals surface area (Å²) >= 11 is 5.96. The van der Waals surface area contributed by atoms with Crippen LogP contribution in [-0.4, -0.2) is 0 Å². The summed E-state index contributed by atoms with van der Waals surface area (Å²) in [5, 5.41) is 0.531. The van der Waals surface area contributed by atoms with E-state index in [0.717, 1.165) is 19.3 Å². The van der Waals surface area contributed by atoms with Gasteiger partial charge in [0.25, 0.3) is 0 Å². The zero-order chi connectivity index (χ0) is 13.7. The minimum absolute atomic E-state index is 0.268. The smallest absolute Gasteiger partial charge is 0.128 e. The van der Waals surface area contributed by atoms with Crippen LogP contribution in [0.2, 0.25) is 5.02 Å². The Morgan fingerprint density at radius 1 is 1.21 bits per heavy atom. The Balaban J connectivity index is 2.29. The van der Waals surface area contributed by atoms with Gasteiger partial charge in [0.05, 0.1) is 6.04 Å².